The highest BCUT2D eigenvalue weighted by Crippen LogP contribution is 2.29. The van der Waals surface area contributed by atoms with Gasteiger partial charge in [-0.2, -0.15) is 5.10 Å². The van der Waals surface area contributed by atoms with Gasteiger partial charge in [-0.1, -0.05) is 13.3 Å². The minimum absolute atomic E-state index is 0.0691. The Morgan fingerprint density at radius 1 is 1.58 bits per heavy atom. The van der Waals surface area contributed by atoms with Crippen molar-refractivity contribution in [3.63, 3.8) is 0 Å². The number of aryl methyl sites for hydroxylation is 2. The molecule has 0 aromatic carbocycles. The Morgan fingerprint density at radius 2 is 2.37 bits per heavy atom. The van der Waals surface area contributed by atoms with Crippen LogP contribution in [0.3, 0.4) is 0 Å². The van der Waals surface area contributed by atoms with Crippen LogP contribution in [0.5, 0.6) is 0 Å². The lowest BCUT2D eigenvalue weighted by Gasteiger charge is -2.03. The van der Waals surface area contributed by atoms with Crippen molar-refractivity contribution in [1.29, 1.82) is 0 Å². The quantitative estimate of drug-likeness (QED) is 0.649. The Bertz CT molecular complexity index is 564. The molecule has 1 N–H and O–H groups in total. The van der Waals surface area contributed by atoms with Crippen molar-refractivity contribution in [1.82, 2.24) is 14.8 Å². The zero-order valence-electron chi connectivity index (χ0n) is 10.8. The van der Waals surface area contributed by atoms with Crippen LogP contribution in [-0.2, 0) is 20.0 Å². The summed E-state index contributed by atoms with van der Waals surface area (Å²) in [6.45, 7) is 2.43. The second-order valence-electron chi connectivity index (χ2n) is 4.11. The molecule has 0 radical (unpaired) electrons. The van der Waals surface area contributed by atoms with E-state index < -0.39 is 0 Å². The Hall–Kier alpha value is -1.96. The molecule has 0 aliphatic rings. The third-order valence-electron chi connectivity index (χ3n) is 2.68. The van der Waals surface area contributed by atoms with Crippen LogP contribution >= 0.6 is 11.3 Å². The van der Waals surface area contributed by atoms with E-state index in [1.54, 1.807) is 12.6 Å². The van der Waals surface area contributed by atoms with Gasteiger partial charge in [0.05, 0.1) is 22.7 Å². The number of aromatic nitrogens is 3. The van der Waals surface area contributed by atoms with E-state index in [-0.39, 0.29) is 10.6 Å². The fourth-order valence-corrected chi connectivity index (χ4v) is 2.42. The average Bonchev–Trinajstić information content (AvgIpc) is 2.95. The number of rotatable bonds is 6. The minimum atomic E-state index is -0.374. The Labute approximate surface area is 114 Å². The maximum Gasteiger partial charge on any atom is 0.334 e. The monoisotopic (exact) mass is 281 g/mol. The molecular formula is C11H15N5O2S. The van der Waals surface area contributed by atoms with E-state index in [1.165, 1.54) is 16.0 Å². The van der Waals surface area contributed by atoms with E-state index in [9.17, 15) is 10.1 Å². The van der Waals surface area contributed by atoms with Crippen molar-refractivity contribution in [2.75, 3.05) is 5.32 Å². The van der Waals surface area contributed by atoms with Gasteiger partial charge in [-0.3, -0.25) is 10.1 Å². The summed E-state index contributed by atoms with van der Waals surface area (Å²) < 4.78 is 1.52. The van der Waals surface area contributed by atoms with Crippen LogP contribution in [0.15, 0.2) is 10.9 Å². The first-order valence-corrected chi connectivity index (χ1v) is 6.89. The smallest absolute Gasteiger partial charge is 0.334 e. The van der Waals surface area contributed by atoms with Gasteiger partial charge in [0.2, 0.25) is 5.82 Å². The zero-order chi connectivity index (χ0) is 13.8. The molecular weight excluding hydrogens is 266 g/mol. The molecule has 0 saturated carbocycles. The first kappa shape index (κ1) is 13.5. The lowest BCUT2D eigenvalue weighted by molar-refractivity contribution is -0.384. The lowest BCUT2D eigenvalue weighted by Crippen LogP contribution is -2.06. The van der Waals surface area contributed by atoms with E-state index in [2.05, 4.69) is 15.4 Å². The van der Waals surface area contributed by atoms with Gasteiger partial charge in [-0.15, -0.1) is 11.3 Å². The third-order valence-corrected chi connectivity index (χ3v) is 3.32. The van der Waals surface area contributed by atoms with Crippen molar-refractivity contribution >= 4 is 22.8 Å². The van der Waals surface area contributed by atoms with Crippen LogP contribution in [0.1, 0.15) is 24.7 Å². The summed E-state index contributed by atoms with van der Waals surface area (Å²) in [6.07, 6.45) is 1.42. The number of nitro groups is 1. The van der Waals surface area contributed by atoms with Crippen LogP contribution in [0, 0.1) is 10.1 Å². The van der Waals surface area contributed by atoms with Crippen LogP contribution < -0.4 is 5.32 Å². The maximum absolute atomic E-state index is 11.2. The summed E-state index contributed by atoms with van der Waals surface area (Å²) in [7, 11) is 1.70. The van der Waals surface area contributed by atoms with E-state index >= 15 is 0 Å². The van der Waals surface area contributed by atoms with Gasteiger partial charge < -0.3 is 5.32 Å². The maximum atomic E-state index is 11.2. The van der Waals surface area contributed by atoms with Crippen molar-refractivity contribution in [2.45, 2.75) is 26.3 Å². The standard InChI is InChI=1S/C11H15N5O2S/c1-3-4-9-10(16(17)18)11(15(2)14-9)12-5-8-6-19-7-13-8/h6-7,12H,3-5H2,1-2H3. The third kappa shape index (κ3) is 2.90. The summed E-state index contributed by atoms with van der Waals surface area (Å²) in [6, 6.07) is 0. The summed E-state index contributed by atoms with van der Waals surface area (Å²) in [5, 5.41) is 20.4. The summed E-state index contributed by atoms with van der Waals surface area (Å²) >= 11 is 1.50. The predicted octanol–water partition coefficient (Wildman–Crippen LogP) is 2.35. The van der Waals surface area contributed by atoms with Gasteiger partial charge in [0, 0.05) is 12.4 Å². The molecule has 0 unspecified atom stereocenters. The SMILES string of the molecule is CCCc1nn(C)c(NCc2cscn2)c1[N+](=O)[O-]. The first-order chi connectivity index (χ1) is 9.13. The molecule has 0 fully saturated rings. The molecule has 0 amide bonds. The van der Waals surface area contributed by atoms with Crippen LogP contribution in [0.2, 0.25) is 0 Å². The Morgan fingerprint density at radius 3 is 2.95 bits per heavy atom. The molecule has 7 nitrogen and oxygen atoms in total. The zero-order valence-corrected chi connectivity index (χ0v) is 11.6. The van der Waals surface area contributed by atoms with E-state index in [0.717, 1.165) is 12.1 Å². The molecule has 0 bridgehead atoms. The molecule has 102 valence electrons. The number of anilines is 1. The van der Waals surface area contributed by atoms with Gasteiger partial charge >= 0.3 is 5.69 Å². The molecule has 19 heavy (non-hydrogen) atoms. The molecule has 2 aromatic heterocycles. The number of nitrogens with one attached hydrogen (secondary N) is 1. The van der Waals surface area contributed by atoms with Crippen LogP contribution in [-0.4, -0.2) is 19.7 Å². The molecule has 0 aliphatic carbocycles. The van der Waals surface area contributed by atoms with Gasteiger partial charge in [0.15, 0.2) is 0 Å². The number of nitrogens with zero attached hydrogens (tertiary/aromatic N) is 4. The number of thiazole rings is 1. The second kappa shape index (κ2) is 5.79. The fraction of sp³-hybridized carbons (Fsp3) is 0.455. The van der Waals surface area contributed by atoms with Crippen molar-refractivity contribution in [2.24, 2.45) is 7.05 Å². The molecule has 0 atom stereocenters. The predicted molar refractivity (Wildman–Crippen MR) is 73.3 cm³/mol. The number of hydrogen-bond donors (Lipinski definition) is 1. The molecule has 2 aromatic rings. The minimum Gasteiger partial charge on any atom is -0.359 e. The van der Waals surface area contributed by atoms with Gasteiger partial charge in [0.1, 0.15) is 5.69 Å². The molecule has 0 aliphatic heterocycles. The van der Waals surface area contributed by atoms with Gasteiger partial charge in [-0.25, -0.2) is 9.67 Å². The summed E-state index contributed by atoms with van der Waals surface area (Å²) in [5.74, 6) is 0.432. The van der Waals surface area contributed by atoms with Gasteiger partial charge in [0.25, 0.3) is 0 Å². The van der Waals surface area contributed by atoms with Crippen molar-refractivity contribution in [3.8, 4) is 0 Å². The first-order valence-electron chi connectivity index (χ1n) is 5.94. The molecule has 0 spiro atoms. The fourth-order valence-electron chi connectivity index (χ4n) is 1.86. The topological polar surface area (TPSA) is 85.9 Å². The van der Waals surface area contributed by atoms with E-state index in [0.29, 0.717) is 24.5 Å². The Kier molecular flexibility index (Phi) is 4.10. The van der Waals surface area contributed by atoms with Crippen molar-refractivity contribution in [3.05, 3.63) is 32.4 Å². The lowest BCUT2D eigenvalue weighted by atomic mass is 10.2. The highest BCUT2D eigenvalue weighted by molar-refractivity contribution is 7.07. The summed E-state index contributed by atoms with van der Waals surface area (Å²) in [4.78, 5) is 15.0. The Balaban J connectivity index is 2.25. The highest BCUT2D eigenvalue weighted by Gasteiger charge is 2.25. The molecule has 8 heteroatoms. The van der Waals surface area contributed by atoms with E-state index in [1.807, 2.05) is 12.3 Å². The van der Waals surface area contributed by atoms with E-state index in [4.69, 9.17) is 0 Å². The normalized spacial score (nSPS) is 10.6. The molecule has 2 heterocycles. The second-order valence-corrected chi connectivity index (χ2v) is 4.83. The molecule has 0 saturated heterocycles. The molecule has 2 rings (SSSR count). The highest BCUT2D eigenvalue weighted by atomic mass is 32.1. The van der Waals surface area contributed by atoms with Crippen molar-refractivity contribution < 1.29 is 4.92 Å². The van der Waals surface area contributed by atoms with Crippen LogP contribution in [0.4, 0.5) is 11.5 Å². The van der Waals surface area contributed by atoms with Crippen LogP contribution in [0.25, 0.3) is 0 Å². The average molecular weight is 281 g/mol. The largest absolute Gasteiger partial charge is 0.359 e. The number of hydrogen-bond acceptors (Lipinski definition) is 6. The summed E-state index contributed by atoms with van der Waals surface area (Å²) in [5.41, 5.74) is 3.19. The van der Waals surface area contributed by atoms with Gasteiger partial charge in [-0.05, 0) is 6.42 Å².